The molecule has 182 valence electrons. The standard InChI is InChI=1S/C36H26O2/c1-38-30-17-16-26-20-29(15-13-27(26)21-30)36-33-8-4-2-6-31(33)35(32-7-3-5-9-34(32)36)28-14-12-24-18-23(22-37)10-11-25(24)19-28/h2-21,37H,22H2,1H3. The Balaban J connectivity index is 1.52. The lowest BCUT2D eigenvalue weighted by molar-refractivity contribution is 0.282. The van der Waals surface area contributed by atoms with E-state index in [4.69, 9.17) is 4.74 Å². The first-order valence-electron chi connectivity index (χ1n) is 12.9. The van der Waals surface area contributed by atoms with Crippen molar-refractivity contribution in [2.45, 2.75) is 6.61 Å². The molecule has 0 unspecified atom stereocenters. The van der Waals surface area contributed by atoms with Crippen LogP contribution in [-0.2, 0) is 6.61 Å². The lowest BCUT2D eigenvalue weighted by Gasteiger charge is -2.18. The second kappa shape index (κ2) is 9.02. The maximum atomic E-state index is 9.56. The summed E-state index contributed by atoms with van der Waals surface area (Å²) in [5, 5.41) is 19.2. The van der Waals surface area contributed by atoms with Crippen LogP contribution < -0.4 is 4.74 Å². The van der Waals surface area contributed by atoms with Crippen LogP contribution >= 0.6 is 0 Å². The average molecular weight is 491 g/mol. The van der Waals surface area contributed by atoms with Gasteiger partial charge in [0.25, 0.3) is 0 Å². The van der Waals surface area contributed by atoms with Gasteiger partial charge in [0.15, 0.2) is 0 Å². The second-order valence-electron chi connectivity index (χ2n) is 9.82. The molecule has 0 fully saturated rings. The molecule has 0 radical (unpaired) electrons. The quantitative estimate of drug-likeness (QED) is 0.249. The van der Waals surface area contributed by atoms with Crippen molar-refractivity contribution in [2.75, 3.05) is 7.11 Å². The molecule has 0 saturated heterocycles. The van der Waals surface area contributed by atoms with E-state index in [0.717, 1.165) is 16.7 Å². The lowest BCUT2D eigenvalue weighted by Crippen LogP contribution is -1.91. The molecule has 0 heterocycles. The zero-order chi connectivity index (χ0) is 25.6. The minimum Gasteiger partial charge on any atom is -0.497 e. The Morgan fingerprint density at radius 1 is 0.500 bits per heavy atom. The molecule has 0 aromatic heterocycles. The highest BCUT2D eigenvalue weighted by molar-refractivity contribution is 6.22. The normalized spacial score (nSPS) is 11.5. The molecule has 0 amide bonds. The minimum absolute atomic E-state index is 0.0523. The van der Waals surface area contributed by atoms with Gasteiger partial charge in [-0.3, -0.25) is 0 Å². The highest BCUT2D eigenvalue weighted by Gasteiger charge is 2.17. The molecule has 0 aliphatic rings. The Bertz CT molecular complexity index is 1800. The number of rotatable bonds is 4. The summed E-state index contributed by atoms with van der Waals surface area (Å²) in [5.74, 6) is 0.869. The van der Waals surface area contributed by atoms with Crippen LogP contribution in [-0.4, -0.2) is 12.2 Å². The molecule has 1 N–H and O–H groups in total. The molecule has 38 heavy (non-hydrogen) atoms. The van der Waals surface area contributed by atoms with E-state index in [0.29, 0.717) is 0 Å². The summed E-state index contributed by atoms with van der Waals surface area (Å²) in [4.78, 5) is 0. The Labute approximate surface area is 221 Å². The maximum absolute atomic E-state index is 9.56. The summed E-state index contributed by atoms with van der Waals surface area (Å²) in [5.41, 5.74) is 5.83. The van der Waals surface area contributed by atoms with Gasteiger partial charge < -0.3 is 9.84 Å². The SMILES string of the molecule is COc1ccc2cc(-c3c4ccccc4c(-c4ccc5cc(CO)ccc5c4)c4ccccc34)ccc2c1. The first-order valence-corrected chi connectivity index (χ1v) is 12.9. The van der Waals surface area contributed by atoms with E-state index in [9.17, 15) is 5.11 Å². The van der Waals surface area contributed by atoms with Gasteiger partial charge in [0, 0.05) is 0 Å². The molecule has 0 aliphatic carbocycles. The Kier molecular flexibility index (Phi) is 5.35. The number of ether oxygens (including phenoxy) is 1. The van der Waals surface area contributed by atoms with Crippen molar-refractivity contribution in [3.05, 3.63) is 127 Å². The van der Waals surface area contributed by atoms with E-state index in [2.05, 4.69) is 109 Å². The highest BCUT2D eigenvalue weighted by Crippen LogP contribution is 2.44. The number of methoxy groups -OCH3 is 1. The topological polar surface area (TPSA) is 29.5 Å². The first-order chi connectivity index (χ1) is 18.7. The fraction of sp³-hybridized carbons (Fsp3) is 0.0556. The van der Waals surface area contributed by atoms with Gasteiger partial charge in [-0.2, -0.15) is 0 Å². The van der Waals surface area contributed by atoms with Crippen molar-refractivity contribution in [1.82, 2.24) is 0 Å². The average Bonchev–Trinajstić information content (AvgIpc) is 2.98. The summed E-state index contributed by atoms with van der Waals surface area (Å²) in [6.45, 7) is 0.0523. The summed E-state index contributed by atoms with van der Waals surface area (Å²) in [6, 6.07) is 43.3. The number of fused-ring (bicyclic) bond motifs is 4. The van der Waals surface area contributed by atoms with Gasteiger partial charge in [0.1, 0.15) is 5.75 Å². The number of aliphatic hydroxyl groups excluding tert-OH is 1. The molecular formula is C36H26O2. The van der Waals surface area contributed by atoms with Crippen LogP contribution in [0.25, 0.3) is 65.3 Å². The van der Waals surface area contributed by atoms with E-state index in [1.165, 1.54) is 60.0 Å². The molecule has 2 heteroatoms. The Morgan fingerprint density at radius 3 is 1.45 bits per heavy atom. The zero-order valence-electron chi connectivity index (χ0n) is 21.1. The first kappa shape index (κ1) is 22.5. The van der Waals surface area contributed by atoms with Crippen LogP contribution in [0.1, 0.15) is 5.56 Å². The van der Waals surface area contributed by atoms with Gasteiger partial charge >= 0.3 is 0 Å². The molecule has 0 bridgehead atoms. The summed E-state index contributed by atoms with van der Waals surface area (Å²) in [7, 11) is 1.71. The maximum Gasteiger partial charge on any atom is 0.119 e. The van der Waals surface area contributed by atoms with Crippen LogP contribution in [0.5, 0.6) is 5.75 Å². The van der Waals surface area contributed by atoms with Crippen molar-refractivity contribution >= 4 is 43.1 Å². The Morgan fingerprint density at radius 2 is 0.947 bits per heavy atom. The molecule has 2 nitrogen and oxygen atoms in total. The van der Waals surface area contributed by atoms with Crippen LogP contribution in [0, 0.1) is 0 Å². The predicted molar refractivity (Wildman–Crippen MR) is 160 cm³/mol. The molecule has 0 saturated carbocycles. The molecule has 0 aliphatic heterocycles. The number of benzene rings is 7. The van der Waals surface area contributed by atoms with E-state index in [1.807, 2.05) is 12.1 Å². The van der Waals surface area contributed by atoms with Gasteiger partial charge in [-0.25, -0.2) is 0 Å². The van der Waals surface area contributed by atoms with Crippen molar-refractivity contribution in [1.29, 1.82) is 0 Å². The van der Waals surface area contributed by atoms with Crippen molar-refractivity contribution in [3.8, 4) is 28.0 Å². The molecule has 0 spiro atoms. The molecule has 0 atom stereocenters. The van der Waals surface area contributed by atoms with Gasteiger partial charge in [0.05, 0.1) is 13.7 Å². The fourth-order valence-corrected chi connectivity index (χ4v) is 5.81. The van der Waals surface area contributed by atoms with Gasteiger partial charge in [0.2, 0.25) is 0 Å². The smallest absolute Gasteiger partial charge is 0.119 e. The van der Waals surface area contributed by atoms with Gasteiger partial charge in [-0.05, 0) is 101 Å². The van der Waals surface area contributed by atoms with Crippen molar-refractivity contribution < 1.29 is 9.84 Å². The molecular weight excluding hydrogens is 464 g/mol. The third-order valence-corrected chi connectivity index (χ3v) is 7.64. The van der Waals surface area contributed by atoms with Crippen LogP contribution in [0.3, 0.4) is 0 Å². The number of hydrogen-bond donors (Lipinski definition) is 1. The van der Waals surface area contributed by atoms with Crippen LogP contribution in [0.4, 0.5) is 0 Å². The van der Waals surface area contributed by atoms with Crippen LogP contribution in [0.2, 0.25) is 0 Å². The molecule has 7 aromatic rings. The zero-order valence-corrected chi connectivity index (χ0v) is 21.1. The van der Waals surface area contributed by atoms with Crippen LogP contribution in [0.15, 0.2) is 121 Å². The third-order valence-electron chi connectivity index (χ3n) is 7.64. The largest absolute Gasteiger partial charge is 0.497 e. The molecule has 7 aromatic carbocycles. The monoisotopic (exact) mass is 490 g/mol. The van der Waals surface area contributed by atoms with Crippen molar-refractivity contribution in [3.63, 3.8) is 0 Å². The molecule has 7 rings (SSSR count). The number of aliphatic hydroxyl groups is 1. The third kappa shape index (κ3) is 3.61. The summed E-state index contributed by atoms with van der Waals surface area (Å²) in [6.07, 6.45) is 0. The van der Waals surface area contributed by atoms with Gasteiger partial charge in [-0.15, -0.1) is 0 Å². The number of hydrogen-bond acceptors (Lipinski definition) is 2. The lowest BCUT2D eigenvalue weighted by atomic mass is 9.85. The summed E-state index contributed by atoms with van der Waals surface area (Å²) >= 11 is 0. The van der Waals surface area contributed by atoms with E-state index >= 15 is 0 Å². The minimum atomic E-state index is 0.0523. The van der Waals surface area contributed by atoms with E-state index in [1.54, 1.807) is 7.11 Å². The highest BCUT2D eigenvalue weighted by atomic mass is 16.5. The second-order valence-corrected chi connectivity index (χ2v) is 9.82. The van der Waals surface area contributed by atoms with Gasteiger partial charge in [-0.1, -0.05) is 91.0 Å². The predicted octanol–water partition coefficient (Wildman–Crippen LogP) is 9.13. The summed E-state index contributed by atoms with van der Waals surface area (Å²) < 4.78 is 5.43. The van der Waals surface area contributed by atoms with E-state index in [-0.39, 0.29) is 6.61 Å². The van der Waals surface area contributed by atoms with E-state index < -0.39 is 0 Å². The Hall–Kier alpha value is -4.66. The fourth-order valence-electron chi connectivity index (χ4n) is 5.81. The van der Waals surface area contributed by atoms with Crippen molar-refractivity contribution in [2.24, 2.45) is 0 Å².